The highest BCUT2D eigenvalue weighted by Crippen LogP contribution is 2.16. The second-order valence-corrected chi connectivity index (χ2v) is 2.92. The SMILES string of the molecule is N#Cc1ccc(-n2cn[nH]c2=O)c(N)c1. The van der Waals surface area contributed by atoms with Crippen LogP contribution in [0.25, 0.3) is 5.69 Å². The van der Waals surface area contributed by atoms with Crippen molar-refractivity contribution >= 4 is 5.69 Å². The first-order chi connectivity index (χ1) is 7.22. The van der Waals surface area contributed by atoms with E-state index in [1.807, 2.05) is 6.07 Å². The Bertz CT molecular complexity index is 589. The summed E-state index contributed by atoms with van der Waals surface area (Å²) in [6, 6.07) is 6.66. The van der Waals surface area contributed by atoms with Crippen molar-refractivity contribution in [2.24, 2.45) is 0 Å². The molecule has 0 aliphatic carbocycles. The lowest BCUT2D eigenvalue weighted by atomic mass is 10.2. The Kier molecular flexibility index (Phi) is 1.99. The first kappa shape index (κ1) is 9.02. The van der Waals surface area contributed by atoms with E-state index in [2.05, 4.69) is 10.2 Å². The van der Waals surface area contributed by atoms with E-state index in [1.54, 1.807) is 12.1 Å². The van der Waals surface area contributed by atoms with Crippen LogP contribution in [0.1, 0.15) is 5.56 Å². The molecule has 1 aromatic heterocycles. The van der Waals surface area contributed by atoms with E-state index in [0.29, 0.717) is 16.9 Å². The van der Waals surface area contributed by atoms with Gasteiger partial charge in [0.05, 0.1) is 23.0 Å². The molecule has 1 aromatic carbocycles. The maximum Gasteiger partial charge on any atom is 0.347 e. The number of anilines is 1. The third kappa shape index (κ3) is 1.46. The van der Waals surface area contributed by atoms with E-state index in [-0.39, 0.29) is 5.69 Å². The summed E-state index contributed by atoms with van der Waals surface area (Å²) < 4.78 is 1.27. The molecule has 15 heavy (non-hydrogen) atoms. The van der Waals surface area contributed by atoms with Crippen LogP contribution >= 0.6 is 0 Å². The van der Waals surface area contributed by atoms with Gasteiger partial charge in [-0.1, -0.05) is 0 Å². The third-order valence-electron chi connectivity index (χ3n) is 1.97. The van der Waals surface area contributed by atoms with Gasteiger partial charge < -0.3 is 5.73 Å². The Morgan fingerprint density at radius 2 is 2.33 bits per heavy atom. The minimum Gasteiger partial charge on any atom is -0.397 e. The Balaban J connectivity index is 2.61. The lowest BCUT2D eigenvalue weighted by Gasteiger charge is -2.04. The number of aromatic amines is 1. The molecular weight excluding hydrogens is 194 g/mol. The third-order valence-corrected chi connectivity index (χ3v) is 1.97. The standard InChI is InChI=1S/C9H7N5O/c10-4-6-1-2-8(7(11)3-6)14-5-12-13-9(14)15/h1-3,5H,11H2,(H,13,15). The molecule has 2 rings (SSSR count). The molecule has 2 aromatic rings. The van der Waals surface area contributed by atoms with Crippen molar-refractivity contribution in [3.05, 3.63) is 40.6 Å². The summed E-state index contributed by atoms with van der Waals surface area (Å²) in [5.41, 5.74) is 6.65. The fraction of sp³-hybridized carbons (Fsp3) is 0. The van der Waals surface area contributed by atoms with Crippen molar-refractivity contribution < 1.29 is 0 Å². The fourth-order valence-corrected chi connectivity index (χ4v) is 1.26. The smallest absolute Gasteiger partial charge is 0.347 e. The average Bonchev–Trinajstić information content (AvgIpc) is 2.64. The number of nitriles is 1. The van der Waals surface area contributed by atoms with E-state index in [9.17, 15) is 4.79 Å². The molecule has 0 unspecified atom stereocenters. The lowest BCUT2D eigenvalue weighted by molar-refractivity contribution is 0.985. The largest absolute Gasteiger partial charge is 0.397 e. The van der Waals surface area contributed by atoms with Crippen LogP contribution < -0.4 is 11.4 Å². The van der Waals surface area contributed by atoms with Crippen LogP contribution in [-0.2, 0) is 0 Å². The van der Waals surface area contributed by atoms with Crippen LogP contribution in [0.15, 0.2) is 29.3 Å². The number of rotatable bonds is 1. The number of nitrogens with zero attached hydrogens (tertiary/aromatic N) is 3. The van der Waals surface area contributed by atoms with Gasteiger partial charge in [-0.15, -0.1) is 0 Å². The summed E-state index contributed by atoms with van der Waals surface area (Å²) in [5.74, 6) is 0. The van der Waals surface area contributed by atoms with Crippen molar-refractivity contribution in [3.8, 4) is 11.8 Å². The van der Waals surface area contributed by atoms with Gasteiger partial charge in [0.1, 0.15) is 6.33 Å². The summed E-state index contributed by atoms with van der Waals surface area (Å²) >= 11 is 0. The molecule has 0 saturated heterocycles. The summed E-state index contributed by atoms with van der Waals surface area (Å²) in [6.45, 7) is 0. The van der Waals surface area contributed by atoms with Crippen molar-refractivity contribution in [2.45, 2.75) is 0 Å². The van der Waals surface area contributed by atoms with E-state index < -0.39 is 0 Å². The topological polar surface area (TPSA) is 100 Å². The Morgan fingerprint density at radius 1 is 1.53 bits per heavy atom. The quantitative estimate of drug-likeness (QED) is 0.635. The van der Waals surface area contributed by atoms with E-state index in [1.165, 1.54) is 17.0 Å². The zero-order valence-corrected chi connectivity index (χ0v) is 7.64. The van der Waals surface area contributed by atoms with Gasteiger partial charge in [-0.25, -0.2) is 14.5 Å². The number of hydrogen-bond donors (Lipinski definition) is 2. The predicted molar refractivity (Wildman–Crippen MR) is 53.3 cm³/mol. The van der Waals surface area contributed by atoms with Gasteiger partial charge in [0.15, 0.2) is 0 Å². The maximum atomic E-state index is 11.3. The number of benzene rings is 1. The van der Waals surface area contributed by atoms with Crippen LogP contribution in [-0.4, -0.2) is 14.8 Å². The highest BCUT2D eigenvalue weighted by molar-refractivity contribution is 5.60. The minimum atomic E-state index is -0.369. The highest BCUT2D eigenvalue weighted by Gasteiger charge is 2.05. The first-order valence-electron chi connectivity index (χ1n) is 4.14. The molecule has 0 aliphatic rings. The molecule has 0 bridgehead atoms. The zero-order valence-electron chi connectivity index (χ0n) is 7.64. The molecular formula is C9H7N5O. The first-order valence-corrected chi connectivity index (χ1v) is 4.14. The summed E-state index contributed by atoms with van der Waals surface area (Å²) in [4.78, 5) is 11.3. The second kappa shape index (κ2) is 3.31. The Hall–Kier alpha value is -2.55. The summed E-state index contributed by atoms with van der Waals surface area (Å²) in [7, 11) is 0. The second-order valence-electron chi connectivity index (χ2n) is 2.92. The Labute approximate surface area is 84.6 Å². The molecule has 0 saturated carbocycles. The highest BCUT2D eigenvalue weighted by atomic mass is 16.1. The van der Waals surface area contributed by atoms with Gasteiger partial charge in [-0.3, -0.25) is 0 Å². The van der Waals surface area contributed by atoms with Crippen LogP contribution in [0.3, 0.4) is 0 Å². The van der Waals surface area contributed by atoms with Crippen LogP contribution in [0.2, 0.25) is 0 Å². The monoisotopic (exact) mass is 201 g/mol. The van der Waals surface area contributed by atoms with Gasteiger partial charge in [0, 0.05) is 0 Å². The molecule has 1 heterocycles. The molecule has 6 nitrogen and oxygen atoms in total. The maximum absolute atomic E-state index is 11.3. The number of nitrogen functional groups attached to an aromatic ring is 1. The lowest BCUT2D eigenvalue weighted by Crippen LogP contribution is -2.15. The van der Waals surface area contributed by atoms with Gasteiger partial charge >= 0.3 is 5.69 Å². The molecule has 3 N–H and O–H groups in total. The van der Waals surface area contributed by atoms with Crippen molar-refractivity contribution in [3.63, 3.8) is 0 Å². The van der Waals surface area contributed by atoms with E-state index in [0.717, 1.165) is 0 Å². The molecule has 0 spiro atoms. The number of nitrogens with two attached hydrogens (primary N) is 1. The van der Waals surface area contributed by atoms with E-state index >= 15 is 0 Å². The molecule has 0 amide bonds. The number of aromatic nitrogens is 3. The van der Waals surface area contributed by atoms with E-state index in [4.69, 9.17) is 11.0 Å². The zero-order chi connectivity index (χ0) is 10.8. The summed E-state index contributed by atoms with van der Waals surface area (Å²) in [6.07, 6.45) is 1.33. The van der Waals surface area contributed by atoms with Crippen LogP contribution in [0.4, 0.5) is 5.69 Å². The van der Waals surface area contributed by atoms with Crippen LogP contribution in [0.5, 0.6) is 0 Å². The molecule has 0 atom stereocenters. The van der Waals surface area contributed by atoms with Crippen molar-refractivity contribution in [1.29, 1.82) is 5.26 Å². The van der Waals surface area contributed by atoms with Gasteiger partial charge in [-0.2, -0.15) is 10.4 Å². The average molecular weight is 201 g/mol. The number of H-pyrrole nitrogens is 1. The minimum absolute atomic E-state index is 0.359. The predicted octanol–water partition coefficient (Wildman–Crippen LogP) is 0.0145. The molecule has 74 valence electrons. The normalized spacial score (nSPS) is 9.80. The Morgan fingerprint density at radius 3 is 2.87 bits per heavy atom. The van der Waals surface area contributed by atoms with Gasteiger partial charge in [0.2, 0.25) is 0 Å². The molecule has 6 heteroatoms. The summed E-state index contributed by atoms with van der Waals surface area (Å²) in [5, 5.41) is 14.5. The van der Waals surface area contributed by atoms with Crippen molar-refractivity contribution in [2.75, 3.05) is 5.73 Å². The fourth-order valence-electron chi connectivity index (χ4n) is 1.26. The molecule has 0 aliphatic heterocycles. The molecule has 0 fully saturated rings. The van der Waals surface area contributed by atoms with Gasteiger partial charge in [0.25, 0.3) is 0 Å². The number of hydrogen-bond acceptors (Lipinski definition) is 4. The number of nitrogens with one attached hydrogen (secondary N) is 1. The molecule has 0 radical (unpaired) electrons. The van der Waals surface area contributed by atoms with Crippen molar-refractivity contribution in [1.82, 2.24) is 14.8 Å². The van der Waals surface area contributed by atoms with Crippen LogP contribution in [0, 0.1) is 11.3 Å². The van der Waals surface area contributed by atoms with Gasteiger partial charge in [-0.05, 0) is 18.2 Å².